The number of hydrogen-bond donors (Lipinski definition) is 4. The maximum absolute atomic E-state index is 12.5. The fourth-order valence-electron chi connectivity index (χ4n) is 3.20. The van der Waals surface area contributed by atoms with E-state index in [1.807, 2.05) is 13.0 Å². The average molecular weight is 395 g/mol. The van der Waals surface area contributed by atoms with Gasteiger partial charge in [0, 0.05) is 23.4 Å². The van der Waals surface area contributed by atoms with Crippen LogP contribution < -0.4 is 15.4 Å². The minimum atomic E-state index is -0.871. The van der Waals surface area contributed by atoms with Gasteiger partial charge in [0.15, 0.2) is 0 Å². The Hall–Kier alpha value is -3.35. The van der Waals surface area contributed by atoms with Gasteiger partial charge in [-0.05, 0) is 55.2 Å². The second kappa shape index (κ2) is 9.23. The van der Waals surface area contributed by atoms with Crippen LogP contribution >= 0.6 is 0 Å². The number of carboxylic acids is 1. The summed E-state index contributed by atoms with van der Waals surface area (Å²) in [5.41, 5.74) is 2.86. The highest BCUT2D eigenvalue weighted by Gasteiger charge is 2.22. The number of hydrogen-bond acceptors (Lipinski definition) is 4. The van der Waals surface area contributed by atoms with Gasteiger partial charge in [0.05, 0.1) is 6.42 Å². The summed E-state index contributed by atoms with van der Waals surface area (Å²) in [7, 11) is 0. The van der Waals surface area contributed by atoms with Gasteiger partial charge in [-0.2, -0.15) is 0 Å². The molecule has 0 aromatic heterocycles. The molecule has 7 heteroatoms. The highest BCUT2D eigenvalue weighted by atomic mass is 16.5. The summed E-state index contributed by atoms with van der Waals surface area (Å²) in [4.78, 5) is 23.4. The molecule has 2 aromatic carbocycles. The molecule has 0 aliphatic carbocycles. The molecule has 7 nitrogen and oxygen atoms in total. The second-order valence-electron chi connectivity index (χ2n) is 7.03. The summed E-state index contributed by atoms with van der Waals surface area (Å²) >= 11 is 0. The van der Waals surface area contributed by atoms with E-state index >= 15 is 0 Å². The Labute approximate surface area is 169 Å². The van der Waals surface area contributed by atoms with Crippen LogP contribution in [0.15, 0.2) is 42.5 Å². The number of rotatable bonds is 7. The molecular weight excluding hydrogens is 370 g/mol. The van der Waals surface area contributed by atoms with Crippen molar-refractivity contribution in [2.45, 2.75) is 38.7 Å². The quantitative estimate of drug-likeness (QED) is 0.424. The molecule has 29 heavy (non-hydrogen) atoms. The minimum Gasteiger partial charge on any atom is -0.490 e. The van der Waals surface area contributed by atoms with Crippen LogP contribution in [0.2, 0.25) is 0 Å². The number of carbonyl (C=O) groups excluding carboxylic acids is 1. The summed E-state index contributed by atoms with van der Waals surface area (Å²) in [5, 5.41) is 22.8. The minimum absolute atomic E-state index is 0.0145. The lowest BCUT2D eigenvalue weighted by Crippen LogP contribution is -2.25. The van der Waals surface area contributed by atoms with Crippen LogP contribution in [0.4, 0.5) is 5.69 Å². The molecule has 2 aromatic rings. The summed E-state index contributed by atoms with van der Waals surface area (Å²) in [6.45, 7) is 2.77. The molecule has 1 heterocycles. The highest BCUT2D eigenvalue weighted by Crippen LogP contribution is 2.31. The molecule has 1 atom stereocenters. The second-order valence-corrected chi connectivity index (χ2v) is 7.03. The lowest BCUT2D eigenvalue weighted by atomic mass is 10.00. The Morgan fingerprint density at radius 1 is 1.17 bits per heavy atom. The van der Waals surface area contributed by atoms with Gasteiger partial charge >= 0.3 is 5.97 Å². The van der Waals surface area contributed by atoms with Crippen molar-refractivity contribution in [1.82, 2.24) is 5.32 Å². The first-order chi connectivity index (χ1) is 14.0. The van der Waals surface area contributed by atoms with Gasteiger partial charge in [-0.3, -0.25) is 15.0 Å². The molecule has 4 N–H and O–H groups in total. The first kappa shape index (κ1) is 20.4. The van der Waals surface area contributed by atoms with E-state index in [4.69, 9.17) is 15.3 Å². The van der Waals surface area contributed by atoms with Crippen molar-refractivity contribution >= 4 is 23.4 Å². The third kappa shape index (κ3) is 5.34. The normalized spacial score (nSPS) is 15.0. The third-order valence-corrected chi connectivity index (χ3v) is 4.74. The molecule has 0 saturated carbocycles. The number of amidine groups is 1. The number of nitrogens with one attached hydrogen (secondary N) is 3. The Balaban J connectivity index is 1.62. The van der Waals surface area contributed by atoms with E-state index < -0.39 is 5.97 Å². The number of aryl methyl sites for hydroxylation is 1. The van der Waals surface area contributed by atoms with Crippen molar-refractivity contribution in [2.75, 3.05) is 11.9 Å². The van der Waals surface area contributed by atoms with Crippen LogP contribution in [0, 0.1) is 5.41 Å². The Kier molecular flexibility index (Phi) is 6.49. The van der Waals surface area contributed by atoms with Crippen molar-refractivity contribution in [1.29, 1.82) is 5.41 Å². The van der Waals surface area contributed by atoms with Crippen LogP contribution in [-0.2, 0) is 11.2 Å². The molecule has 3 rings (SSSR count). The molecule has 1 aliphatic heterocycles. The van der Waals surface area contributed by atoms with Crippen molar-refractivity contribution in [3.05, 3.63) is 59.2 Å². The van der Waals surface area contributed by atoms with Crippen LogP contribution in [0.25, 0.3) is 0 Å². The third-order valence-electron chi connectivity index (χ3n) is 4.74. The van der Waals surface area contributed by atoms with E-state index in [1.165, 1.54) is 0 Å². The van der Waals surface area contributed by atoms with Gasteiger partial charge in [-0.25, -0.2) is 0 Å². The summed E-state index contributed by atoms with van der Waals surface area (Å²) < 4.78 is 5.73. The van der Waals surface area contributed by atoms with Gasteiger partial charge < -0.3 is 20.5 Å². The maximum Gasteiger partial charge on any atom is 0.307 e. The molecular formula is C22H25N3O4. The summed E-state index contributed by atoms with van der Waals surface area (Å²) in [5.74, 6) is -0.0905. The SMILES string of the molecule is CCCNC(=N)c1ccc(C(=O)Nc2ccc3c(c2)CCC(CC(=O)O)O3)cc1. The number of ether oxygens (including phenoxy) is 1. The van der Waals surface area contributed by atoms with Gasteiger partial charge in [-0.15, -0.1) is 0 Å². The van der Waals surface area contributed by atoms with Crippen LogP contribution in [-0.4, -0.2) is 35.5 Å². The molecule has 1 amide bonds. The highest BCUT2D eigenvalue weighted by molar-refractivity contribution is 6.05. The molecule has 0 fully saturated rings. The monoisotopic (exact) mass is 395 g/mol. The Morgan fingerprint density at radius 3 is 2.59 bits per heavy atom. The lowest BCUT2D eigenvalue weighted by Gasteiger charge is -2.25. The molecule has 0 bridgehead atoms. The van der Waals surface area contributed by atoms with Gasteiger partial charge in [0.1, 0.15) is 17.7 Å². The average Bonchev–Trinajstić information content (AvgIpc) is 2.71. The predicted molar refractivity (Wildman–Crippen MR) is 111 cm³/mol. The summed E-state index contributed by atoms with van der Waals surface area (Å²) in [6.07, 6.45) is 1.95. The van der Waals surface area contributed by atoms with Crippen LogP contribution in [0.3, 0.4) is 0 Å². The number of fused-ring (bicyclic) bond motifs is 1. The number of carbonyl (C=O) groups is 2. The van der Waals surface area contributed by atoms with Gasteiger partial charge in [0.25, 0.3) is 5.91 Å². The Morgan fingerprint density at radius 2 is 1.90 bits per heavy atom. The number of benzene rings is 2. The van der Waals surface area contributed by atoms with Crippen LogP contribution in [0.1, 0.15) is 47.7 Å². The van der Waals surface area contributed by atoms with Gasteiger partial charge in [-0.1, -0.05) is 19.1 Å². The van der Waals surface area contributed by atoms with E-state index in [2.05, 4.69) is 10.6 Å². The van der Waals surface area contributed by atoms with Crippen LogP contribution in [0.5, 0.6) is 5.75 Å². The molecule has 0 spiro atoms. The van der Waals surface area contributed by atoms with E-state index in [1.54, 1.807) is 36.4 Å². The zero-order valence-electron chi connectivity index (χ0n) is 16.3. The molecule has 1 aliphatic rings. The van der Waals surface area contributed by atoms with E-state index in [-0.39, 0.29) is 18.4 Å². The first-order valence-corrected chi connectivity index (χ1v) is 9.72. The zero-order valence-corrected chi connectivity index (χ0v) is 16.3. The topological polar surface area (TPSA) is 112 Å². The predicted octanol–water partition coefficient (Wildman–Crippen LogP) is 3.43. The smallest absolute Gasteiger partial charge is 0.307 e. The number of carboxylic acid groups (broad SMARTS) is 1. The zero-order chi connectivity index (χ0) is 20.8. The standard InChI is InChI=1S/C22H25N3O4/c1-2-11-24-21(23)14-3-5-15(6-4-14)22(28)25-17-8-10-19-16(12-17)7-9-18(29-19)13-20(26)27/h3-6,8,10,12,18H,2,7,9,11,13H2,1H3,(H2,23,24)(H,25,28)(H,26,27). The van der Waals surface area contributed by atoms with Gasteiger partial charge in [0.2, 0.25) is 0 Å². The summed E-state index contributed by atoms with van der Waals surface area (Å²) in [6, 6.07) is 12.3. The fraction of sp³-hybridized carbons (Fsp3) is 0.318. The Bertz CT molecular complexity index is 909. The number of anilines is 1. The van der Waals surface area contributed by atoms with E-state index in [0.29, 0.717) is 35.7 Å². The fourth-order valence-corrected chi connectivity index (χ4v) is 3.20. The van der Waals surface area contributed by atoms with E-state index in [9.17, 15) is 9.59 Å². The van der Waals surface area contributed by atoms with Crippen molar-refractivity contribution in [2.24, 2.45) is 0 Å². The molecule has 1 unspecified atom stereocenters. The van der Waals surface area contributed by atoms with Crippen molar-refractivity contribution < 1.29 is 19.4 Å². The van der Waals surface area contributed by atoms with E-state index in [0.717, 1.165) is 24.1 Å². The number of amides is 1. The van der Waals surface area contributed by atoms with Crippen molar-refractivity contribution in [3.63, 3.8) is 0 Å². The molecule has 0 radical (unpaired) electrons. The van der Waals surface area contributed by atoms with Crippen molar-refractivity contribution in [3.8, 4) is 5.75 Å². The first-order valence-electron chi connectivity index (χ1n) is 9.72. The molecule has 152 valence electrons. The lowest BCUT2D eigenvalue weighted by molar-refractivity contribution is -0.139. The molecule has 0 saturated heterocycles. The largest absolute Gasteiger partial charge is 0.490 e. The number of aliphatic carboxylic acids is 1. The maximum atomic E-state index is 12.5.